The minimum atomic E-state index is -0.106. The monoisotopic (exact) mass is 346 g/mol. The molecule has 1 saturated heterocycles. The van der Waals surface area contributed by atoms with Crippen LogP contribution in [0.3, 0.4) is 0 Å². The van der Waals surface area contributed by atoms with Crippen LogP contribution in [0, 0.1) is 5.92 Å². The zero-order valence-corrected chi connectivity index (χ0v) is 16.7. The van der Waals surface area contributed by atoms with Gasteiger partial charge in [0, 0.05) is 11.8 Å². The van der Waals surface area contributed by atoms with Gasteiger partial charge in [-0.25, -0.2) is 0 Å². The molecular weight excluding hydrogens is 312 g/mol. The lowest BCUT2D eigenvalue weighted by atomic mass is 9.77. The Morgan fingerprint density at radius 1 is 0.880 bits per heavy atom. The van der Waals surface area contributed by atoms with E-state index in [1.54, 1.807) is 0 Å². The van der Waals surface area contributed by atoms with Crippen molar-refractivity contribution in [3.8, 4) is 5.75 Å². The normalized spacial score (nSPS) is 25.7. The number of phenolic OH excluding ortho intramolecular Hbond substituents is 1. The van der Waals surface area contributed by atoms with Gasteiger partial charge in [-0.3, -0.25) is 0 Å². The molecule has 0 amide bonds. The topological polar surface area (TPSA) is 38.7 Å². The van der Waals surface area contributed by atoms with Crippen molar-refractivity contribution in [3.05, 3.63) is 28.8 Å². The van der Waals surface area contributed by atoms with E-state index < -0.39 is 0 Å². The molecule has 3 nitrogen and oxygen atoms in total. The van der Waals surface area contributed by atoms with Crippen molar-refractivity contribution in [3.63, 3.8) is 0 Å². The Bertz CT molecular complexity index is 574. The molecule has 2 fully saturated rings. The fourth-order valence-corrected chi connectivity index (χ4v) is 3.73. The zero-order valence-electron chi connectivity index (χ0n) is 16.7. The largest absolute Gasteiger partial charge is 0.507 e. The van der Waals surface area contributed by atoms with E-state index in [4.69, 9.17) is 9.47 Å². The van der Waals surface area contributed by atoms with Crippen molar-refractivity contribution in [2.75, 3.05) is 13.2 Å². The predicted octanol–water partition coefficient (Wildman–Crippen LogP) is 5.24. The molecule has 0 unspecified atom stereocenters. The third-order valence-corrected chi connectivity index (χ3v) is 5.68. The lowest BCUT2D eigenvalue weighted by Gasteiger charge is -2.38. The van der Waals surface area contributed by atoms with Crippen molar-refractivity contribution < 1.29 is 14.6 Å². The van der Waals surface area contributed by atoms with Crippen molar-refractivity contribution in [2.24, 2.45) is 5.92 Å². The molecule has 3 heteroatoms. The average Bonchev–Trinajstić information content (AvgIpc) is 2.44. The van der Waals surface area contributed by atoms with Crippen molar-refractivity contribution in [1.29, 1.82) is 0 Å². The van der Waals surface area contributed by atoms with E-state index in [2.05, 4.69) is 53.7 Å². The molecule has 25 heavy (non-hydrogen) atoms. The van der Waals surface area contributed by atoms with Gasteiger partial charge in [0.2, 0.25) is 0 Å². The summed E-state index contributed by atoms with van der Waals surface area (Å²) in [7, 11) is 0. The van der Waals surface area contributed by atoms with E-state index in [0.29, 0.717) is 24.9 Å². The van der Waals surface area contributed by atoms with Gasteiger partial charge < -0.3 is 14.6 Å². The minimum Gasteiger partial charge on any atom is -0.507 e. The number of ether oxygens (including phenoxy) is 2. The lowest BCUT2D eigenvalue weighted by molar-refractivity contribution is -0.223. The van der Waals surface area contributed by atoms with Crippen LogP contribution < -0.4 is 0 Å². The average molecular weight is 347 g/mol. The van der Waals surface area contributed by atoms with E-state index in [1.165, 1.54) is 24.8 Å². The third kappa shape index (κ3) is 3.88. The summed E-state index contributed by atoms with van der Waals surface area (Å²) >= 11 is 0. The van der Waals surface area contributed by atoms with Gasteiger partial charge in [-0.1, -0.05) is 60.1 Å². The van der Waals surface area contributed by atoms with Gasteiger partial charge in [-0.15, -0.1) is 0 Å². The van der Waals surface area contributed by atoms with Crippen LogP contribution in [-0.2, 0) is 20.3 Å². The molecule has 0 aromatic heterocycles. The standard InChI is InChI=1S/C22H34O3/c1-21(2,3)17-10-15(11-18(19(17)23)22(4,5)6)16-12-24-20(25-13-16)14-8-7-9-14/h10-11,14,16,20,23H,7-9,12-13H2,1-6H3. The predicted molar refractivity (Wildman–Crippen MR) is 101 cm³/mol. The lowest BCUT2D eigenvalue weighted by Crippen LogP contribution is -2.38. The highest BCUT2D eigenvalue weighted by atomic mass is 16.7. The summed E-state index contributed by atoms with van der Waals surface area (Å²) in [5.74, 6) is 1.27. The Kier molecular flexibility index (Phi) is 4.93. The van der Waals surface area contributed by atoms with Crippen molar-refractivity contribution in [2.45, 2.75) is 83.8 Å². The van der Waals surface area contributed by atoms with E-state index in [9.17, 15) is 5.11 Å². The number of rotatable bonds is 2. The summed E-state index contributed by atoms with van der Waals surface area (Å²) in [6.45, 7) is 14.3. The maximum absolute atomic E-state index is 10.9. The van der Waals surface area contributed by atoms with Crippen LogP contribution in [0.15, 0.2) is 12.1 Å². The fraction of sp³-hybridized carbons (Fsp3) is 0.727. The van der Waals surface area contributed by atoms with E-state index in [1.807, 2.05) is 0 Å². The summed E-state index contributed by atoms with van der Waals surface area (Å²) < 4.78 is 12.1. The number of hydrogen-bond donors (Lipinski definition) is 1. The second-order valence-electron chi connectivity index (χ2n) is 9.89. The SMILES string of the molecule is CC(C)(C)c1cc(C2COC(C3CCC3)OC2)cc(C(C)(C)C)c1O. The molecule has 140 valence electrons. The Morgan fingerprint density at radius 3 is 1.72 bits per heavy atom. The van der Waals surface area contributed by atoms with Gasteiger partial charge in [-0.05, 0) is 40.4 Å². The summed E-state index contributed by atoms with van der Waals surface area (Å²) in [5, 5.41) is 10.9. The first-order valence-electron chi connectivity index (χ1n) is 9.68. The van der Waals surface area contributed by atoms with Gasteiger partial charge in [0.25, 0.3) is 0 Å². The first kappa shape index (κ1) is 18.7. The first-order chi connectivity index (χ1) is 11.6. The third-order valence-electron chi connectivity index (χ3n) is 5.68. The van der Waals surface area contributed by atoms with Gasteiger partial charge in [0.15, 0.2) is 6.29 Å². The molecule has 1 aliphatic heterocycles. The molecule has 1 N–H and O–H groups in total. The van der Waals surface area contributed by atoms with Gasteiger partial charge in [-0.2, -0.15) is 0 Å². The zero-order chi connectivity index (χ0) is 18.4. The van der Waals surface area contributed by atoms with Crippen LogP contribution >= 0.6 is 0 Å². The van der Waals surface area contributed by atoms with Crippen LogP contribution in [0.1, 0.15) is 83.4 Å². The molecule has 0 spiro atoms. The fourth-order valence-electron chi connectivity index (χ4n) is 3.73. The number of aromatic hydroxyl groups is 1. The first-order valence-corrected chi connectivity index (χ1v) is 9.68. The molecule has 0 atom stereocenters. The molecule has 0 bridgehead atoms. The molecule has 1 aromatic rings. The Hall–Kier alpha value is -1.06. The second kappa shape index (κ2) is 6.59. The Balaban J connectivity index is 1.88. The van der Waals surface area contributed by atoms with Crippen LogP contribution in [0.5, 0.6) is 5.75 Å². The molecule has 2 aliphatic rings. The summed E-state index contributed by atoms with van der Waals surface area (Å²) in [6, 6.07) is 4.32. The molecule has 3 rings (SSSR count). The van der Waals surface area contributed by atoms with Crippen molar-refractivity contribution >= 4 is 0 Å². The smallest absolute Gasteiger partial charge is 0.160 e. The number of benzene rings is 1. The minimum absolute atomic E-state index is 0.00807. The summed E-state index contributed by atoms with van der Waals surface area (Å²) in [4.78, 5) is 0. The molecule has 1 heterocycles. The van der Waals surface area contributed by atoms with Gasteiger partial charge in [0.05, 0.1) is 13.2 Å². The highest BCUT2D eigenvalue weighted by molar-refractivity contribution is 5.50. The molecule has 1 aliphatic carbocycles. The quantitative estimate of drug-likeness (QED) is 0.795. The Morgan fingerprint density at radius 2 is 1.36 bits per heavy atom. The molecule has 1 saturated carbocycles. The van der Waals surface area contributed by atoms with Gasteiger partial charge in [0.1, 0.15) is 5.75 Å². The van der Waals surface area contributed by atoms with Crippen LogP contribution in [-0.4, -0.2) is 24.6 Å². The highest BCUT2D eigenvalue weighted by Gasteiger charge is 2.34. The number of hydrogen-bond acceptors (Lipinski definition) is 3. The maximum atomic E-state index is 10.9. The summed E-state index contributed by atoms with van der Waals surface area (Å²) in [6.07, 6.45) is 3.76. The summed E-state index contributed by atoms with van der Waals surface area (Å²) in [5.41, 5.74) is 3.03. The second-order valence-corrected chi connectivity index (χ2v) is 9.89. The maximum Gasteiger partial charge on any atom is 0.160 e. The number of phenols is 1. The van der Waals surface area contributed by atoms with Crippen LogP contribution in [0.2, 0.25) is 0 Å². The van der Waals surface area contributed by atoms with E-state index in [0.717, 1.165) is 11.1 Å². The molecule has 1 aromatic carbocycles. The van der Waals surface area contributed by atoms with Crippen molar-refractivity contribution in [1.82, 2.24) is 0 Å². The van der Waals surface area contributed by atoms with Gasteiger partial charge >= 0.3 is 0 Å². The van der Waals surface area contributed by atoms with E-state index >= 15 is 0 Å². The molecule has 0 radical (unpaired) electrons. The van der Waals surface area contributed by atoms with E-state index in [-0.39, 0.29) is 23.0 Å². The molecular formula is C22H34O3. The van der Waals surface area contributed by atoms with Crippen LogP contribution in [0.25, 0.3) is 0 Å². The van der Waals surface area contributed by atoms with Crippen LogP contribution in [0.4, 0.5) is 0 Å². The Labute approximate surface area is 152 Å². The highest BCUT2D eigenvalue weighted by Crippen LogP contribution is 2.42.